The first-order valence-corrected chi connectivity index (χ1v) is 15.5. The first-order chi connectivity index (χ1) is 19.2. The Morgan fingerprint density at radius 3 is 2.58 bits per heavy atom. The van der Waals surface area contributed by atoms with Crippen LogP contribution < -0.4 is 14.9 Å². The van der Waals surface area contributed by atoms with E-state index in [1.165, 1.54) is 12.8 Å². The van der Waals surface area contributed by atoms with Gasteiger partial charge in [0.25, 0.3) is 0 Å². The topological polar surface area (TPSA) is 153 Å². The highest BCUT2D eigenvalue weighted by atomic mass is 32.2. The summed E-state index contributed by atoms with van der Waals surface area (Å²) in [6.45, 7) is 4.59. The Morgan fingerprint density at radius 2 is 1.93 bits per heavy atom. The second-order valence-corrected chi connectivity index (χ2v) is 13.5. The summed E-state index contributed by atoms with van der Waals surface area (Å²) in [5.74, 6) is 0.686. The van der Waals surface area contributed by atoms with Crippen LogP contribution >= 0.6 is 0 Å². The lowest BCUT2D eigenvalue weighted by Crippen LogP contribution is -2.38. The van der Waals surface area contributed by atoms with Crippen LogP contribution in [0.2, 0.25) is 0 Å². The van der Waals surface area contributed by atoms with Gasteiger partial charge in [0.15, 0.2) is 0 Å². The number of sulfonamides is 1. The molecule has 40 heavy (non-hydrogen) atoms. The molecule has 3 atom stereocenters. The largest absolute Gasteiger partial charge is 0.395 e. The number of aliphatic hydroxyl groups excluding tert-OH is 1. The van der Waals surface area contributed by atoms with Gasteiger partial charge in [0, 0.05) is 25.3 Å². The number of fused-ring (bicyclic) bond motifs is 2. The smallest absolute Gasteiger partial charge is 0.226 e. The fraction of sp³-hybridized carbons (Fsp3) is 0.556. The lowest BCUT2D eigenvalue weighted by atomic mass is 9.93. The van der Waals surface area contributed by atoms with Crippen LogP contribution in [-0.2, 0) is 14.8 Å². The molecule has 2 aromatic heterocycles. The molecule has 0 amide bonds. The number of hydrogen-bond donors (Lipinski definition) is 2. The molecule has 212 valence electrons. The molecular weight excluding hydrogens is 532 g/mol. The van der Waals surface area contributed by atoms with Gasteiger partial charge < -0.3 is 19.6 Å². The molecule has 3 aromatic rings. The Labute approximate surface area is 233 Å². The highest BCUT2D eigenvalue weighted by molar-refractivity contribution is 7.89. The lowest BCUT2D eigenvalue weighted by molar-refractivity contribution is 0.0986. The van der Waals surface area contributed by atoms with Crippen LogP contribution in [0.4, 0.5) is 11.6 Å². The van der Waals surface area contributed by atoms with Gasteiger partial charge in [-0.05, 0) is 68.2 Å². The number of morpholine rings is 1. The van der Waals surface area contributed by atoms with Crippen LogP contribution in [0.3, 0.4) is 0 Å². The van der Waals surface area contributed by atoms with E-state index in [2.05, 4.69) is 25.1 Å². The summed E-state index contributed by atoms with van der Waals surface area (Å²) in [6.07, 6.45) is 7.85. The van der Waals surface area contributed by atoms with Crippen molar-refractivity contribution < 1.29 is 18.3 Å². The van der Waals surface area contributed by atoms with E-state index in [4.69, 9.17) is 14.9 Å². The molecule has 5 heterocycles. The normalized spacial score (nSPS) is 24.2. The van der Waals surface area contributed by atoms with Crippen molar-refractivity contribution in [2.24, 2.45) is 10.6 Å². The van der Waals surface area contributed by atoms with Crippen molar-refractivity contribution >= 4 is 21.7 Å². The molecular formula is C27H34N8O4S. The van der Waals surface area contributed by atoms with Gasteiger partial charge in [-0.1, -0.05) is 11.3 Å². The Hall–Kier alpha value is -3.13. The summed E-state index contributed by atoms with van der Waals surface area (Å²) >= 11 is 0. The van der Waals surface area contributed by atoms with Gasteiger partial charge in [-0.15, -0.1) is 5.10 Å². The molecule has 4 fully saturated rings. The lowest BCUT2D eigenvalue weighted by Gasteiger charge is -2.35. The predicted molar refractivity (Wildman–Crippen MR) is 149 cm³/mol. The van der Waals surface area contributed by atoms with Crippen LogP contribution in [0.25, 0.3) is 17.1 Å². The maximum Gasteiger partial charge on any atom is 0.226 e. The molecule has 3 unspecified atom stereocenters. The predicted octanol–water partition coefficient (Wildman–Crippen LogP) is 1.71. The third-order valence-corrected chi connectivity index (χ3v) is 10.3. The van der Waals surface area contributed by atoms with E-state index in [1.54, 1.807) is 10.7 Å². The highest BCUT2D eigenvalue weighted by Gasteiger charge is 2.45. The maximum atomic E-state index is 12.2. The molecule has 1 aromatic carbocycles. The van der Waals surface area contributed by atoms with Crippen LogP contribution in [0, 0.1) is 12.3 Å². The van der Waals surface area contributed by atoms with E-state index in [1.807, 2.05) is 31.3 Å². The average molecular weight is 567 g/mol. The average Bonchev–Trinajstić information content (AvgIpc) is 3.32. The Bertz CT molecular complexity index is 1550. The number of aliphatic hydroxyl groups is 1. The third kappa shape index (κ3) is 4.64. The second kappa shape index (κ2) is 9.47. The summed E-state index contributed by atoms with van der Waals surface area (Å²) in [7, 11) is -3.98. The number of aromatic nitrogens is 5. The van der Waals surface area contributed by atoms with Crippen molar-refractivity contribution in [3.05, 3.63) is 41.7 Å². The summed E-state index contributed by atoms with van der Waals surface area (Å²) < 4.78 is 31.9. The molecule has 1 spiro atoms. The van der Waals surface area contributed by atoms with Crippen molar-refractivity contribution in [1.82, 2.24) is 25.0 Å². The van der Waals surface area contributed by atoms with Gasteiger partial charge in [-0.2, -0.15) is 0 Å². The van der Waals surface area contributed by atoms with Gasteiger partial charge in [0.1, 0.15) is 10.9 Å². The number of aryl methyl sites for hydroxylation is 1. The summed E-state index contributed by atoms with van der Waals surface area (Å²) in [5, 5.41) is 23.0. The Morgan fingerprint density at radius 1 is 1.12 bits per heavy atom. The quantitative estimate of drug-likeness (QED) is 0.432. The molecule has 0 radical (unpaired) electrons. The molecule has 12 nitrogen and oxygen atoms in total. The van der Waals surface area contributed by atoms with Crippen molar-refractivity contribution in [2.75, 3.05) is 42.6 Å². The van der Waals surface area contributed by atoms with Gasteiger partial charge in [-0.25, -0.2) is 28.2 Å². The minimum atomic E-state index is -3.98. The van der Waals surface area contributed by atoms with E-state index in [-0.39, 0.29) is 6.10 Å². The molecule has 13 heteroatoms. The van der Waals surface area contributed by atoms with Gasteiger partial charge >= 0.3 is 0 Å². The summed E-state index contributed by atoms with van der Waals surface area (Å²) in [5.41, 5.74) is 4.72. The number of benzene rings is 1. The fourth-order valence-corrected chi connectivity index (χ4v) is 7.18. The number of ether oxygens (including phenoxy) is 1. The van der Waals surface area contributed by atoms with Gasteiger partial charge in [-0.3, -0.25) is 0 Å². The SMILES string of the molecule is Cc1cc(-c2cn(-c3ccc(C(CO)S(N)(=O)=O)cc3N3CCC4(CC3)CC4)nn2)nc(N2CC3CC2CO3)n1. The number of nitrogens with zero attached hydrogens (tertiary/aromatic N) is 7. The van der Waals surface area contributed by atoms with Crippen LogP contribution in [0.15, 0.2) is 30.5 Å². The van der Waals surface area contributed by atoms with E-state index < -0.39 is 21.9 Å². The zero-order valence-electron chi connectivity index (χ0n) is 22.5. The molecule has 3 aliphatic heterocycles. The van der Waals surface area contributed by atoms with E-state index in [0.29, 0.717) is 41.0 Å². The molecule has 2 bridgehead atoms. The van der Waals surface area contributed by atoms with Crippen molar-refractivity contribution in [3.63, 3.8) is 0 Å². The number of nitrogens with two attached hydrogens (primary N) is 1. The zero-order chi connectivity index (χ0) is 27.6. The van der Waals surface area contributed by atoms with Crippen LogP contribution in [0.5, 0.6) is 0 Å². The first kappa shape index (κ1) is 25.8. The molecule has 1 saturated carbocycles. The first-order valence-electron chi connectivity index (χ1n) is 13.9. The Balaban J connectivity index is 1.24. The van der Waals surface area contributed by atoms with Crippen LogP contribution in [-0.4, -0.2) is 83.5 Å². The number of rotatable bonds is 7. The number of primary sulfonamides is 1. The zero-order valence-corrected chi connectivity index (χ0v) is 23.3. The van der Waals surface area contributed by atoms with Gasteiger partial charge in [0.2, 0.25) is 16.0 Å². The standard InChI is InChI=1S/C27H34N8O4S/c1-17-10-21(30-26(29-17)34-13-20-12-19(34)16-39-20)22-14-35(32-31-22)23-3-2-18(25(15-36)40(28,37)38)11-24(23)33-8-6-27(4-5-27)7-9-33/h2-3,10-11,14,19-20,25,36H,4-9,12-13,15-16H2,1H3,(H2,28,37,38). The van der Waals surface area contributed by atoms with E-state index in [9.17, 15) is 13.5 Å². The minimum Gasteiger partial charge on any atom is -0.395 e. The Kier molecular flexibility index (Phi) is 6.11. The number of hydrogen-bond acceptors (Lipinski definition) is 10. The monoisotopic (exact) mass is 566 g/mol. The van der Waals surface area contributed by atoms with E-state index >= 15 is 0 Å². The summed E-state index contributed by atoms with van der Waals surface area (Å²) in [6, 6.07) is 7.55. The maximum absolute atomic E-state index is 12.2. The molecule has 1 aliphatic carbocycles. The fourth-order valence-electron chi connectivity index (χ4n) is 6.44. The molecule has 3 saturated heterocycles. The second-order valence-electron chi connectivity index (χ2n) is 11.7. The van der Waals surface area contributed by atoms with Crippen LogP contribution in [0.1, 0.15) is 48.6 Å². The highest BCUT2D eigenvalue weighted by Crippen LogP contribution is 2.54. The van der Waals surface area contributed by atoms with Crippen molar-refractivity contribution in [3.8, 4) is 17.1 Å². The summed E-state index contributed by atoms with van der Waals surface area (Å²) in [4.78, 5) is 14.0. The number of piperidine rings is 1. The minimum absolute atomic E-state index is 0.240. The number of anilines is 2. The third-order valence-electron chi connectivity index (χ3n) is 9.06. The molecule has 7 rings (SSSR count). The van der Waals surface area contributed by atoms with Crippen molar-refractivity contribution in [2.45, 2.75) is 56.4 Å². The molecule has 3 N–H and O–H groups in total. The molecule has 4 aliphatic rings. The van der Waals surface area contributed by atoms with Crippen molar-refractivity contribution in [1.29, 1.82) is 0 Å². The van der Waals surface area contributed by atoms with E-state index in [0.717, 1.165) is 56.0 Å². The van der Waals surface area contributed by atoms with Gasteiger partial charge in [0.05, 0.1) is 48.6 Å².